The van der Waals surface area contributed by atoms with E-state index < -0.39 is 0 Å². The molecular formula is C17H17N7. The van der Waals surface area contributed by atoms with Crippen LogP contribution in [0.4, 0.5) is 11.5 Å². The maximum absolute atomic E-state index is 5.98. The Morgan fingerprint density at radius 2 is 2.17 bits per heavy atom. The molecule has 0 amide bonds. The number of nitrogens with two attached hydrogens (primary N) is 1. The molecule has 4 rings (SSSR count). The van der Waals surface area contributed by atoms with Crippen LogP contribution in [0.5, 0.6) is 0 Å². The number of hydrogen-bond acceptors (Lipinski definition) is 5. The Hall–Kier alpha value is -3.35. The number of anilines is 2. The number of aromatic nitrogens is 5. The van der Waals surface area contributed by atoms with Crippen LogP contribution in [0.15, 0.2) is 49.1 Å². The van der Waals surface area contributed by atoms with Crippen molar-refractivity contribution in [3.8, 4) is 11.3 Å². The first-order valence-corrected chi connectivity index (χ1v) is 7.60. The normalized spacial score (nSPS) is 11.0. The lowest BCUT2D eigenvalue weighted by Gasteiger charge is -2.11. The fourth-order valence-electron chi connectivity index (χ4n) is 2.72. The number of aryl methyl sites for hydroxylation is 1. The van der Waals surface area contributed by atoms with Gasteiger partial charge in [-0.05, 0) is 12.1 Å². The minimum absolute atomic E-state index is 0.483. The molecule has 24 heavy (non-hydrogen) atoms. The van der Waals surface area contributed by atoms with Gasteiger partial charge in [0, 0.05) is 42.1 Å². The molecule has 3 heterocycles. The monoisotopic (exact) mass is 319 g/mol. The molecule has 7 nitrogen and oxygen atoms in total. The molecule has 0 aliphatic carbocycles. The van der Waals surface area contributed by atoms with Crippen molar-refractivity contribution in [3.63, 3.8) is 0 Å². The minimum atomic E-state index is 0.483. The third-order valence-corrected chi connectivity index (χ3v) is 4.02. The first-order chi connectivity index (χ1) is 11.7. The molecule has 0 saturated carbocycles. The fourth-order valence-corrected chi connectivity index (χ4v) is 2.72. The second-order valence-electron chi connectivity index (χ2n) is 5.65. The number of nitrogens with one attached hydrogen (secondary N) is 2. The first-order valence-electron chi connectivity index (χ1n) is 7.60. The first kappa shape index (κ1) is 14.3. The average molecular weight is 319 g/mol. The van der Waals surface area contributed by atoms with Gasteiger partial charge in [-0.15, -0.1) is 0 Å². The van der Waals surface area contributed by atoms with Crippen LogP contribution in [0.25, 0.3) is 22.2 Å². The van der Waals surface area contributed by atoms with Gasteiger partial charge in [-0.3, -0.25) is 5.10 Å². The van der Waals surface area contributed by atoms with Gasteiger partial charge in [0.15, 0.2) is 0 Å². The summed E-state index contributed by atoms with van der Waals surface area (Å²) in [5.41, 5.74) is 10.8. The van der Waals surface area contributed by atoms with Gasteiger partial charge in [0.05, 0.1) is 29.8 Å². The number of pyridine rings is 1. The number of nitrogens with zero attached hydrogens (tertiary/aromatic N) is 4. The van der Waals surface area contributed by atoms with Crippen LogP contribution in [0, 0.1) is 0 Å². The molecule has 0 spiro atoms. The van der Waals surface area contributed by atoms with Crippen molar-refractivity contribution in [1.29, 1.82) is 0 Å². The highest BCUT2D eigenvalue weighted by atomic mass is 15.1. The van der Waals surface area contributed by atoms with E-state index in [0.717, 1.165) is 33.5 Å². The molecule has 4 N–H and O–H groups in total. The second-order valence-corrected chi connectivity index (χ2v) is 5.65. The quantitative estimate of drug-likeness (QED) is 0.537. The summed E-state index contributed by atoms with van der Waals surface area (Å²) in [4.78, 5) is 8.59. The molecule has 0 radical (unpaired) electrons. The highest BCUT2D eigenvalue weighted by molar-refractivity contribution is 5.95. The van der Waals surface area contributed by atoms with Crippen molar-refractivity contribution in [2.45, 2.75) is 6.54 Å². The van der Waals surface area contributed by atoms with Gasteiger partial charge < -0.3 is 15.6 Å². The largest absolute Gasteiger partial charge is 0.384 e. The summed E-state index contributed by atoms with van der Waals surface area (Å²) < 4.78 is 1.98. The van der Waals surface area contributed by atoms with E-state index in [1.165, 1.54) is 0 Å². The third kappa shape index (κ3) is 2.56. The number of benzene rings is 1. The van der Waals surface area contributed by atoms with Gasteiger partial charge in [-0.1, -0.05) is 12.1 Å². The molecule has 120 valence electrons. The van der Waals surface area contributed by atoms with E-state index in [2.05, 4.69) is 25.5 Å². The zero-order valence-electron chi connectivity index (χ0n) is 13.2. The lowest BCUT2D eigenvalue weighted by Crippen LogP contribution is -2.05. The van der Waals surface area contributed by atoms with Gasteiger partial charge in [-0.2, -0.15) is 5.10 Å². The Bertz CT molecular complexity index is 986. The van der Waals surface area contributed by atoms with Crippen molar-refractivity contribution in [2.75, 3.05) is 11.1 Å². The SMILES string of the molecule is Cn1cncc1CNc1cc(N)nc2cc(-c3ccn[nH]3)ccc12. The summed E-state index contributed by atoms with van der Waals surface area (Å²) in [6, 6.07) is 9.88. The van der Waals surface area contributed by atoms with E-state index in [1.54, 1.807) is 12.5 Å². The van der Waals surface area contributed by atoms with Crippen LogP contribution in [0.1, 0.15) is 5.69 Å². The van der Waals surface area contributed by atoms with E-state index >= 15 is 0 Å². The summed E-state index contributed by atoms with van der Waals surface area (Å²) in [5.74, 6) is 0.483. The molecule has 3 aromatic heterocycles. The Labute approximate surface area is 138 Å². The highest BCUT2D eigenvalue weighted by Crippen LogP contribution is 2.28. The number of fused-ring (bicyclic) bond motifs is 1. The molecular weight excluding hydrogens is 302 g/mol. The number of H-pyrrole nitrogens is 1. The van der Waals surface area contributed by atoms with Crippen LogP contribution in [-0.4, -0.2) is 24.7 Å². The maximum Gasteiger partial charge on any atom is 0.126 e. The molecule has 0 saturated heterocycles. The van der Waals surface area contributed by atoms with Crippen LogP contribution >= 0.6 is 0 Å². The number of rotatable bonds is 4. The van der Waals surface area contributed by atoms with Crippen LogP contribution < -0.4 is 11.1 Å². The molecule has 1 aromatic carbocycles. The molecule has 0 aliphatic rings. The number of aromatic amines is 1. The van der Waals surface area contributed by atoms with E-state index in [-0.39, 0.29) is 0 Å². The Morgan fingerprint density at radius 1 is 1.25 bits per heavy atom. The summed E-state index contributed by atoms with van der Waals surface area (Å²) in [7, 11) is 1.97. The van der Waals surface area contributed by atoms with Crippen LogP contribution in [0.2, 0.25) is 0 Å². The Kier molecular flexibility index (Phi) is 3.38. The second kappa shape index (κ2) is 5.69. The summed E-state index contributed by atoms with van der Waals surface area (Å²) in [6.07, 6.45) is 5.36. The molecule has 0 bridgehead atoms. The van der Waals surface area contributed by atoms with Gasteiger partial charge in [-0.25, -0.2) is 9.97 Å². The topological polar surface area (TPSA) is 97.4 Å². The van der Waals surface area contributed by atoms with E-state index in [1.807, 2.05) is 48.1 Å². The molecule has 0 aliphatic heterocycles. The molecule has 0 fully saturated rings. The lowest BCUT2D eigenvalue weighted by atomic mass is 10.1. The fraction of sp³-hybridized carbons (Fsp3) is 0.118. The van der Waals surface area contributed by atoms with Crippen LogP contribution in [0.3, 0.4) is 0 Å². The van der Waals surface area contributed by atoms with Crippen molar-refractivity contribution in [3.05, 3.63) is 54.7 Å². The standard InChI is InChI=1S/C17H17N7/c1-24-10-19-8-12(24)9-20-15-7-17(18)22-16-6-11(2-3-13(15)16)14-4-5-21-23-14/h2-8,10H,9H2,1H3,(H,21,23)(H3,18,20,22). The van der Waals surface area contributed by atoms with E-state index in [4.69, 9.17) is 5.73 Å². The molecule has 7 heteroatoms. The number of nitrogen functional groups attached to an aromatic ring is 1. The predicted molar refractivity (Wildman–Crippen MR) is 94.3 cm³/mol. The van der Waals surface area contributed by atoms with Gasteiger partial charge >= 0.3 is 0 Å². The Morgan fingerprint density at radius 3 is 2.92 bits per heavy atom. The van der Waals surface area contributed by atoms with Gasteiger partial charge in [0.1, 0.15) is 5.82 Å². The van der Waals surface area contributed by atoms with Crippen molar-refractivity contribution in [1.82, 2.24) is 24.7 Å². The van der Waals surface area contributed by atoms with Crippen molar-refractivity contribution >= 4 is 22.4 Å². The Balaban J connectivity index is 1.71. The number of imidazole rings is 1. The zero-order valence-corrected chi connectivity index (χ0v) is 13.2. The predicted octanol–water partition coefficient (Wildman–Crippen LogP) is 2.55. The highest BCUT2D eigenvalue weighted by Gasteiger charge is 2.08. The summed E-state index contributed by atoms with van der Waals surface area (Å²) in [5, 5.41) is 11.4. The van der Waals surface area contributed by atoms with Crippen molar-refractivity contribution < 1.29 is 0 Å². The summed E-state index contributed by atoms with van der Waals surface area (Å²) in [6.45, 7) is 0.664. The third-order valence-electron chi connectivity index (χ3n) is 4.02. The molecule has 0 atom stereocenters. The van der Waals surface area contributed by atoms with E-state index in [9.17, 15) is 0 Å². The van der Waals surface area contributed by atoms with Gasteiger partial charge in [0.25, 0.3) is 0 Å². The minimum Gasteiger partial charge on any atom is -0.384 e. The van der Waals surface area contributed by atoms with Gasteiger partial charge in [0.2, 0.25) is 0 Å². The van der Waals surface area contributed by atoms with Crippen molar-refractivity contribution in [2.24, 2.45) is 7.05 Å². The zero-order chi connectivity index (χ0) is 16.5. The lowest BCUT2D eigenvalue weighted by molar-refractivity contribution is 0.838. The summed E-state index contributed by atoms with van der Waals surface area (Å²) >= 11 is 0. The molecule has 0 unspecified atom stereocenters. The average Bonchev–Trinajstić information content (AvgIpc) is 3.23. The number of hydrogen-bond donors (Lipinski definition) is 3. The smallest absolute Gasteiger partial charge is 0.126 e. The molecule has 4 aromatic rings. The van der Waals surface area contributed by atoms with E-state index in [0.29, 0.717) is 12.4 Å². The van der Waals surface area contributed by atoms with Crippen LogP contribution in [-0.2, 0) is 13.6 Å². The maximum atomic E-state index is 5.98.